The Morgan fingerprint density at radius 3 is 2.24 bits per heavy atom. The van der Waals surface area contributed by atoms with E-state index in [-0.39, 0.29) is 5.56 Å². The lowest BCUT2D eigenvalue weighted by atomic mass is 10.0. The lowest BCUT2D eigenvalue weighted by molar-refractivity contribution is -0.124. The molecule has 1 aromatic carbocycles. The van der Waals surface area contributed by atoms with E-state index in [1.807, 2.05) is 0 Å². The van der Waals surface area contributed by atoms with Crippen molar-refractivity contribution in [2.75, 3.05) is 21.3 Å². The van der Waals surface area contributed by atoms with Gasteiger partial charge in [-0.1, -0.05) is 6.07 Å². The van der Waals surface area contributed by atoms with Crippen molar-refractivity contribution in [3.05, 3.63) is 34.9 Å². The number of hydrogen-bond acceptors (Lipinski definition) is 3. The Morgan fingerprint density at radius 1 is 1.18 bits per heavy atom. The molecule has 0 aromatic heterocycles. The second kappa shape index (κ2) is 6.05. The summed E-state index contributed by atoms with van der Waals surface area (Å²) in [4.78, 5) is 0. The third-order valence-electron chi connectivity index (χ3n) is 2.68. The average Bonchev–Trinajstić information content (AvgIpc) is 2.33. The lowest BCUT2D eigenvalue weighted by Gasteiger charge is -2.25. The first-order valence-corrected chi connectivity index (χ1v) is 5.24. The predicted octanol–water partition coefficient (Wildman–Crippen LogP) is 2.15. The molecule has 0 fully saturated rings. The maximum atomic E-state index is 13.9. The van der Waals surface area contributed by atoms with Crippen molar-refractivity contribution < 1.29 is 18.3 Å². The standard InChI is InChI=1S/C12H17F2NO2/c1-7-5-6-8(13)9(10(7)14)11(15-2)12(16-3)17-4/h5-6,11-12,15H,1-4H3. The van der Waals surface area contributed by atoms with Gasteiger partial charge in [-0.15, -0.1) is 0 Å². The fourth-order valence-corrected chi connectivity index (χ4v) is 1.75. The summed E-state index contributed by atoms with van der Waals surface area (Å²) in [5.74, 6) is -1.20. The molecule has 17 heavy (non-hydrogen) atoms. The molecule has 1 rings (SSSR count). The first-order chi connectivity index (χ1) is 8.06. The smallest absolute Gasteiger partial charge is 0.176 e. The zero-order chi connectivity index (χ0) is 13.0. The van der Waals surface area contributed by atoms with Gasteiger partial charge in [-0.05, 0) is 25.6 Å². The van der Waals surface area contributed by atoms with Crippen LogP contribution in [0.3, 0.4) is 0 Å². The number of ether oxygens (including phenoxy) is 2. The summed E-state index contributed by atoms with van der Waals surface area (Å²) in [6, 6.07) is 1.93. The molecular formula is C12H17F2NO2. The minimum Gasteiger partial charge on any atom is -0.354 e. The van der Waals surface area contributed by atoms with Gasteiger partial charge in [-0.3, -0.25) is 0 Å². The molecule has 0 bridgehead atoms. The van der Waals surface area contributed by atoms with Crippen LogP contribution in [-0.4, -0.2) is 27.6 Å². The molecule has 0 aliphatic heterocycles. The zero-order valence-electron chi connectivity index (χ0n) is 10.4. The molecule has 96 valence electrons. The van der Waals surface area contributed by atoms with Gasteiger partial charge >= 0.3 is 0 Å². The van der Waals surface area contributed by atoms with E-state index in [1.165, 1.54) is 26.4 Å². The largest absolute Gasteiger partial charge is 0.354 e. The van der Waals surface area contributed by atoms with Crippen LogP contribution in [0.5, 0.6) is 0 Å². The predicted molar refractivity (Wildman–Crippen MR) is 60.7 cm³/mol. The first kappa shape index (κ1) is 14.0. The third kappa shape index (κ3) is 2.80. The average molecular weight is 245 g/mol. The summed E-state index contributed by atoms with van der Waals surface area (Å²) in [5, 5.41) is 2.80. The highest BCUT2D eigenvalue weighted by Crippen LogP contribution is 2.26. The molecule has 1 N–H and O–H groups in total. The highest BCUT2D eigenvalue weighted by Gasteiger charge is 2.27. The van der Waals surface area contributed by atoms with Gasteiger partial charge in [0.2, 0.25) is 0 Å². The minimum absolute atomic E-state index is 0.0683. The van der Waals surface area contributed by atoms with Crippen LogP contribution in [0.2, 0.25) is 0 Å². The second-order valence-electron chi connectivity index (χ2n) is 3.70. The lowest BCUT2D eigenvalue weighted by Crippen LogP contribution is -2.34. The fourth-order valence-electron chi connectivity index (χ4n) is 1.75. The van der Waals surface area contributed by atoms with Gasteiger partial charge in [0.25, 0.3) is 0 Å². The molecule has 0 aliphatic rings. The molecule has 0 saturated carbocycles. The van der Waals surface area contributed by atoms with E-state index in [0.29, 0.717) is 5.56 Å². The highest BCUT2D eigenvalue weighted by atomic mass is 19.1. The van der Waals surface area contributed by atoms with E-state index in [2.05, 4.69) is 5.32 Å². The van der Waals surface area contributed by atoms with Gasteiger partial charge in [-0.25, -0.2) is 8.78 Å². The molecule has 0 spiro atoms. The van der Waals surface area contributed by atoms with Gasteiger partial charge in [0.15, 0.2) is 6.29 Å². The van der Waals surface area contributed by atoms with Crippen molar-refractivity contribution in [1.29, 1.82) is 0 Å². The number of likely N-dealkylation sites (N-methyl/N-ethyl adjacent to an activating group) is 1. The van der Waals surface area contributed by atoms with Crippen molar-refractivity contribution in [3.8, 4) is 0 Å². The van der Waals surface area contributed by atoms with Crippen LogP contribution in [0.4, 0.5) is 8.78 Å². The van der Waals surface area contributed by atoms with Crippen LogP contribution < -0.4 is 5.32 Å². The first-order valence-electron chi connectivity index (χ1n) is 5.24. The van der Waals surface area contributed by atoms with Gasteiger partial charge in [0, 0.05) is 19.8 Å². The molecular weight excluding hydrogens is 228 g/mol. The molecule has 5 heteroatoms. The second-order valence-corrected chi connectivity index (χ2v) is 3.70. The molecule has 1 aromatic rings. The topological polar surface area (TPSA) is 30.5 Å². The fraction of sp³-hybridized carbons (Fsp3) is 0.500. The zero-order valence-corrected chi connectivity index (χ0v) is 10.4. The maximum absolute atomic E-state index is 13.9. The van der Waals surface area contributed by atoms with E-state index in [1.54, 1.807) is 14.0 Å². The Balaban J connectivity index is 3.24. The Kier molecular flexibility index (Phi) is 4.99. The van der Waals surface area contributed by atoms with Crippen molar-refractivity contribution in [3.63, 3.8) is 0 Å². The number of halogens is 2. The normalized spacial score (nSPS) is 13.1. The molecule has 3 nitrogen and oxygen atoms in total. The number of aryl methyl sites for hydroxylation is 1. The van der Waals surface area contributed by atoms with E-state index >= 15 is 0 Å². The van der Waals surface area contributed by atoms with Crippen LogP contribution in [0, 0.1) is 18.6 Å². The Morgan fingerprint density at radius 2 is 1.76 bits per heavy atom. The SMILES string of the molecule is CNC(c1c(F)ccc(C)c1F)C(OC)OC. The monoisotopic (exact) mass is 245 g/mol. The Bertz CT molecular complexity index is 381. The van der Waals surface area contributed by atoms with Crippen LogP contribution >= 0.6 is 0 Å². The van der Waals surface area contributed by atoms with Crippen LogP contribution in [0.25, 0.3) is 0 Å². The van der Waals surface area contributed by atoms with Crippen LogP contribution in [0.15, 0.2) is 12.1 Å². The summed E-state index contributed by atoms with van der Waals surface area (Å²) in [5.41, 5.74) is 0.314. The van der Waals surface area contributed by atoms with Gasteiger partial charge in [0.1, 0.15) is 11.6 Å². The van der Waals surface area contributed by atoms with Gasteiger partial charge in [-0.2, -0.15) is 0 Å². The highest BCUT2D eigenvalue weighted by molar-refractivity contribution is 5.29. The molecule has 0 heterocycles. The Hall–Kier alpha value is -1.04. The molecule has 0 saturated heterocycles. The van der Waals surface area contributed by atoms with Gasteiger partial charge in [0.05, 0.1) is 6.04 Å². The number of rotatable bonds is 5. The summed E-state index contributed by atoms with van der Waals surface area (Å²) in [6.45, 7) is 1.58. The third-order valence-corrected chi connectivity index (χ3v) is 2.68. The summed E-state index contributed by atoms with van der Waals surface area (Å²) < 4.78 is 37.7. The van der Waals surface area contributed by atoms with Crippen LogP contribution in [0.1, 0.15) is 17.2 Å². The van der Waals surface area contributed by atoms with E-state index in [0.717, 1.165) is 0 Å². The number of nitrogens with one attached hydrogen (secondary N) is 1. The van der Waals surface area contributed by atoms with Crippen molar-refractivity contribution in [2.45, 2.75) is 19.3 Å². The summed E-state index contributed by atoms with van der Waals surface area (Å²) >= 11 is 0. The van der Waals surface area contributed by atoms with E-state index in [9.17, 15) is 8.78 Å². The number of benzene rings is 1. The molecule has 0 amide bonds. The number of hydrogen-bond donors (Lipinski definition) is 1. The molecule has 1 unspecified atom stereocenters. The molecule has 1 atom stereocenters. The maximum Gasteiger partial charge on any atom is 0.176 e. The van der Waals surface area contributed by atoms with Gasteiger partial charge < -0.3 is 14.8 Å². The quantitative estimate of drug-likeness (QED) is 0.806. The number of methoxy groups -OCH3 is 2. The molecule has 0 radical (unpaired) electrons. The van der Waals surface area contributed by atoms with E-state index < -0.39 is 24.0 Å². The van der Waals surface area contributed by atoms with Crippen LogP contribution in [-0.2, 0) is 9.47 Å². The van der Waals surface area contributed by atoms with Crippen molar-refractivity contribution in [1.82, 2.24) is 5.32 Å². The Labute approximate surface area is 99.7 Å². The van der Waals surface area contributed by atoms with E-state index in [4.69, 9.17) is 9.47 Å². The summed E-state index contributed by atoms with van der Waals surface area (Å²) in [6.07, 6.45) is -0.759. The minimum atomic E-state index is -0.759. The van der Waals surface area contributed by atoms with Crippen molar-refractivity contribution in [2.24, 2.45) is 0 Å². The van der Waals surface area contributed by atoms with Crippen molar-refractivity contribution >= 4 is 0 Å². The summed E-state index contributed by atoms with van der Waals surface area (Å²) in [7, 11) is 4.44. The molecule has 0 aliphatic carbocycles.